The minimum Gasteiger partial charge on any atom is -0.493 e. The maximum absolute atomic E-state index is 12.4. The summed E-state index contributed by atoms with van der Waals surface area (Å²) in [6.07, 6.45) is 0. The number of hydrogen-bond donors (Lipinski definition) is 1. The predicted molar refractivity (Wildman–Crippen MR) is 95.5 cm³/mol. The molecule has 0 spiro atoms. The third kappa shape index (κ3) is 4.35. The number of carbonyl (C=O) groups excluding carboxylic acids is 1. The van der Waals surface area contributed by atoms with Crippen LogP contribution in [0.5, 0.6) is 17.2 Å². The van der Waals surface area contributed by atoms with Crippen molar-refractivity contribution in [1.29, 1.82) is 0 Å². The highest BCUT2D eigenvalue weighted by Crippen LogP contribution is 2.40. The molecule has 0 aliphatic rings. The molecule has 0 aliphatic heterocycles. The quantitative estimate of drug-likeness (QED) is 0.740. The molecular formula is C19H23NO5. The van der Waals surface area contributed by atoms with E-state index in [-0.39, 0.29) is 5.97 Å². The minimum absolute atomic E-state index is 0.305. The first-order chi connectivity index (χ1) is 12.1. The lowest BCUT2D eigenvalue weighted by atomic mass is 10.1. The molecule has 25 heavy (non-hydrogen) atoms. The Morgan fingerprint density at radius 2 is 1.60 bits per heavy atom. The van der Waals surface area contributed by atoms with Crippen molar-refractivity contribution < 1.29 is 23.7 Å². The van der Waals surface area contributed by atoms with Gasteiger partial charge < -0.3 is 24.3 Å². The van der Waals surface area contributed by atoms with E-state index in [1.807, 2.05) is 30.3 Å². The van der Waals surface area contributed by atoms with Gasteiger partial charge in [0.2, 0.25) is 5.75 Å². The van der Waals surface area contributed by atoms with Crippen molar-refractivity contribution in [3.63, 3.8) is 0 Å². The second kappa shape index (κ2) is 8.82. The van der Waals surface area contributed by atoms with E-state index in [0.717, 1.165) is 5.56 Å². The second-order valence-electron chi connectivity index (χ2n) is 5.15. The molecule has 0 saturated heterocycles. The van der Waals surface area contributed by atoms with Gasteiger partial charge in [-0.3, -0.25) is 0 Å². The van der Waals surface area contributed by atoms with Crippen molar-refractivity contribution in [2.24, 2.45) is 0 Å². The molecule has 0 saturated carbocycles. The third-order valence-corrected chi connectivity index (χ3v) is 3.63. The van der Waals surface area contributed by atoms with E-state index < -0.39 is 6.04 Å². The van der Waals surface area contributed by atoms with Crippen molar-refractivity contribution in [3.05, 3.63) is 48.0 Å². The summed E-state index contributed by atoms with van der Waals surface area (Å²) in [5, 5.41) is 3.19. The van der Waals surface area contributed by atoms with Crippen LogP contribution in [-0.2, 0) is 9.53 Å². The fraction of sp³-hybridized carbons (Fsp3) is 0.316. The summed E-state index contributed by atoms with van der Waals surface area (Å²) in [5.41, 5.74) is 1.45. The van der Waals surface area contributed by atoms with E-state index in [1.165, 1.54) is 0 Å². The zero-order valence-electron chi connectivity index (χ0n) is 14.9. The van der Waals surface area contributed by atoms with Crippen LogP contribution in [-0.4, -0.2) is 33.9 Å². The van der Waals surface area contributed by atoms with Crippen molar-refractivity contribution in [2.45, 2.75) is 13.0 Å². The Hall–Kier alpha value is -2.89. The van der Waals surface area contributed by atoms with Crippen LogP contribution in [0.3, 0.4) is 0 Å². The molecule has 1 unspecified atom stereocenters. The highest BCUT2D eigenvalue weighted by molar-refractivity contribution is 5.81. The zero-order chi connectivity index (χ0) is 18.2. The van der Waals surface area contributed by atoms with E-state index in [1.54, 1.807) is 40.4 Å². The van der Waals surface area contributed by atoms with Crippen LogP contribution in [0, 0.1) is 0 Å². The van der Waals surface area contributed by atoms with Crippen molar-refractivity contribution in [2.75, 3.05) is 33.3 Å². The van der Waals surface area contributed by atoms with E-state index in [0.29, 0.717) is 29.5 Å². The smallest absolute Gasteiger partial charge is 0.333 e. The summed E-state index contributed by atoms with van der Waals surface area (Å²) in [6.45, 7) is 2.08. The highest BCUT2D eigenvalue weighted by atomic mass is 16.5. The number of rotatable bonds is 8. The molecule has 1 N–H and O–H groups in total. The average Bonchev–Trinajstić information content (AvgIpc) is 2.65. The fourth-order valence-corrected chi connectivity index (χ4v) is 2.48. The van der Waals surface area contributed by atoms with Gasteiger partial charge in [0.05, 0.1) is 27.9 Å². The maximum Gasteiger partial charge on any atom is 0.333 e. The molecule has 1 atom stereocenters. The first-order valence-corrected chi connectivity index (χ1v) is 7.92. The van der Waals surface area contributed by atoms with Crippen LogP contribution in [0.4, 0.5) is 5.69 Å². The van der Waals surface area contributed by atoms with Crippen LogP contribution >= 0.6 is 0 Å². The number of anilines is 1. The van der Waals surface area contributed by atoms with E-state index in [4.69, 9.17) is 18.9 Å². The molecule has 0 aromatic heterocycles. The molecular weight excluding hydrogens is 322 g/mol. The Morgan fingerprint density at radius 3 is 2.08 bits per heavy atom. The Kier molecular flexibility index (Phi) is 6.51. The Balaban J connectivity index is 2.40. The van der Waals surface area contributed by atoms with Gasteiger partial charge >= 0.3 is 5.97 Å². The van der Waals surface area contributed by atoms with E-state index >= 15 is 0 Å². The second-order valence-corrected chi connectivity index (χ2v) is 5.15. The minimum atomic E-state index is -0.649. The van der Waals surface area contributed by atoms with E-state index in [2.05, 4.69) is 5.32 Å². The molecule has 2 rings (SSSR count). The third-order valence-electron chi connectivity index (χ3n) is 3.63. The monoisotopic (exact) mass is 345 g/mol. The zero-order valence-corrected chi connectivity index (χ0v) is 14.9. The lowest BCUT2D eigenvalue weighted by Gasteiger charge is -2.20. The molecule has 0 radical (unpaired) electrons. The van der Waals surface area contributed by atoms with Gasteiger partial charge in [-0.1, -0.05) is 30.3 Å². The van der Waals surface area contributed by atoms with Crippen molar-refractivity contribution in [3.8, 4) is 17.2 Å². The van der Waals surface area contributed by atoms with Crippen LogP contribution in [0.15, 0.2) is 42.5 Å². The van der Waals surface area contributed by atoms with E-state index in [9.17, 15) is 4.79 Å². The first-order valence-electron chi connectivity index (χ1n) is 7.92. The Labute approximate surface area is 147 Å². The van der Waals surface area contributed by atoms with Gasteiger partial charge in [0.15, 0.2) is 17.5 Å². The molecule has 6 nitrogen and oxygen atoms in total. The lowest BCUT2D eigenvalue weighted by molar-refractivity contribution is -0.144. The van der Waals surface area contributed by atoms with Crippen molar-refractivity contribution in [1.82, 2.24) is 0 Å². The predicted octanol–water partition coefficient (Wildman–Crippen LogP) is 3.43. The summed E-state index contributed by atoms with van der Waals surface area (Å²) in [7, 11) is 4.63. The summed E-state index contributed by atoms with van der Waals surface area (Å²) in [4.78, 5) is 12.4. The topological polar surface area (TPSA) is 66.0 Å². The summed E-state index contributed by atoms with van der Waals surface area (Å²) >= 11 is 0. The number of hydrogen-bond acceptors (Lipinski definition) is 6. The van der Waals surface area contributed by atoms with Crippen LogP contribution in [0.1, 0.15) is 18.5 Å². The number of nitrogens with one attached hydrogen (secondary N) is 1. The maximum atomic E-state index is 12.4. The number of methoxy groups -OCH3 is 3. The molecule has 0 fully saturated rings. The Morgan fingerprint density at radius 1 is 1.00 bits per heavy atom. The molecule has 0 aliphatic carbocycles. The molecule has 6 heteroatoms. The van der Waals surface area contributed by atoms with Gasteiger partial charge in [-0.05, 0) is 12.5 Å². The average molecular weight is 345 g/mol. The summed E-state index contributed by atoms with van der Waals surface area (Å²) in [5.74, 6) is 1.13. The molecule has 0 bridgehead atoms. The number of benzene rings is 2. The standard InChI is InChI=1S/C19H23NO5/c1-5-25-19(21)17(13-9-7-6-8-10-13)20-14-11-15(22-2)18(24-4)16(12-14)23-3/h6-12,17,20H,5H2,1-4H3. The molecule has 2 aromatic rings. The SMILES string of the molecule is CCOC(=O)C(Nc1cc(OC)c(OC)c(OC)c1)c1ccccc1. The summed E-state index contributed by atoms with van der Waals surface area (Å²) in [6, 6.07) is 12.2. The normalized spacial score (nSPS) is 11.4. The molecule has 2 aromatic carbocycles. The Bertz CT molecular complexity index is 677. The van der Waals surface area contributed by atoms with Gasteiger partial charge in [-0.2, -0.15) is 0 Å². The largest absolute Gasteiger partial charge is 0.493 e. The van der Waals surface area contributed by atoms with Crippen molar-refractivity contribution >= 4 is 11.7 Å². The number of carbonyl (C=O) groups is 1. The lowest BCUT2D eigenvalue weighted by Crippen LogP contribution is -2.23. The highest BCUT2D eigenvalue weighted by Gasteiger charge is 2.23. The first kappa shape index (κ1) is 18.4. The number of ether oxygens (including phenoxy) is 4. The number of esters is 1. The van der Waals surface area contributed by atoms with Crippen LogP contribution in [0.25, 0.3) is 0 Å². The fourth-order valence-electron chi connectivity index (χ4n) is 2.48. The molecule has 0 amide bonds. The van der Waals surface area contributed by atoms with Crippen LogP contribution in [0.2, 0.25) is 0 Å². The molecule has 134 valence electrons. The van der Waals surface area contributed by atoms with Gasteiger partial charge in [-0.25, -0.2) is 4.79 Å². The van der Waals surface area contributed by atoms with Crippen LogP contribution < -0.4 is 19.5 Å². The van der Waals surface area contributed by atoms with Gasteiger partial charge in [-0.15, -0.1) is 0 Å². The van der Waals surface area contributed by atoms with Gasteiger partial charge in [0.1, 0.15) is 0 Å². The van der Waals surface area contributed by atoms with Gasteiger partial charge in [0.25, 0.3) is 0 Å². The molecule has 0 heterocycles. The van der Waals surface area contributed by atoms with Gasteiger partial charge in [0, 0.05) is 17.8 Å². The summed E-state index contributed by atoms with van der Waals surface area (Å²) < 4.78 is 21.2.